The lowest BCUT2D eigenvalue weighted by atomic mass is 9.96. The maximum absolute atomic E-state index is 5.42. The summed E-state index contributed by atoms with van der Waals surface area (Å²) >= 11 is 0. The van der Waals surface area contributed by atoms with Gasteiger partial charge in [-0.1, -0.05) is 49.6 Å². The van der Waals surface area contributed by atoms with Crippen molar-refractivity contribution in [2.24, 2.45) is 4.99 Å². The number of nitrogens with zero attached hydrogens (tertiary/aromatic N) is 1. The number of aryl methyl sites for hydroxylation is 1. The van der Waals surface area contributed by atoms with Crippen LogP contribution in [0.3, 0.4) is 0 Å². The van der Waals surface area contributed by atoms with Gasteiger partial charge >= 0.3 is 0 Å². The van der Waals surface area contributed by atoms with Crippen LogP contribution in [-0.2, 0) is 11.2 Å². The van der Waals surface area contributed by atoms with Crippen molar-refractivity contribution in [2.75, 3.05) is 7.11 Å². The summed E-state index contributed by atoms with van der Waals surface area (Å²) in [5, 5.41) is 0. The molecule has 1 aliphatic carbocycles. The van der Waals surface area contributed by atoms with Crippen LogP contribution in [0.4, 0.5) is 0 Å². The molecule has 2 heteroatoms. The Labute approximate surface area is 110 Å². The zero-order chi connectivity index (χ0) is 12.6. The third kappa shape index (κ3) is 4.17. The van der Waals surface area contributed by atoms with E-state index in [9.17, 15) is 0 Å². The molecule has 98 valence electrons. The quantitative estimate of drug-likeness (QED) is 0.580. The lowest BCUT2D eigenvalue weighted by Crippen LogP contribution is -2.14. The summed E-state index contributed by atoms with van der Waals surface area (Å²) < 4.78 is 5.42. The maximum atomic E-state index is 5.42. The Morgan fingerprint density at radius 1 is 1.17 bits per heavy atom. The molecule has 2 nitrogen and oxygen atoms in total. The lowest BCUT2D eigenvalue weighted by Gasteiger charge is -2.18. The first-order valence-corrected chi connectivity index (χ1v) is 7.03. The number of hydrogen-bond donors (Lipinski definition) is 0. The van der Waals surface area contributed by atoms with Gasteiger partial charge < -0.3 is 4.74 Å². The van der Waals surface area contributed by atoms with Crippen LogP contribution in [0.2, 0.25) is 0 Å². The predicted molar refractivity (Wildman–Crippen MR) is 76.1 cm³/mol. The normalized spacial score (nSPS) is 17.7. The van der Waals surface area contributed by atoms with E-state index in [4.69, 9.17) is 9.73 Å². The SMILES string of the molecule is COC(CCc1ccccc1)=NC1CCCCC1. The third-order valence-electron chi connectivity index (χ3n) is 3.61. The van der Waals surface area contributed by atoms with Crippen LogP contribution in [0.5, 0.6) is 0 Å². The molecule has 18 heavy (non-hydrogen) atoms. The fourth-order valence-electron chi connectivity index (χ4n) is 2.53. The van der Waals surface area contributed by atoms with Crippen molar-refractivity contribution in [1.82, 2.24) is 0 Å². The van der Waals surface area contributed by atoms with E-state index >= 15 is 0 Å². The van der Waals surface area contributed by atoms with Gasteiger partial charge in [-0.05, 0) is 24.8 Å². The van der Waals surface area contributed by atoms with Gasteiger partial charge in [0.2, 0.25) is 0 Å². The molecule has 0 amide bonds. The zero-order valence-corrected chi connectivity index (χ0v) is 11.3. The molecule has 0 atom stereocenters. The molecule has 0 heterocycles. The molecule has 0 aliphatic heterocycles. The Morgan fingerprint density at radius 3 is 2.56 bits per heavy atom. The van der Waals surface area contributed by atoms with Crippen LogP contribution in [-0.4, -0.2) is 19.0 Å². The summed E-state index contributed by atoms with van der Waals surface area (Å²) in [6.07, 6.45) is 8.42. The Bertz CT molecular complexity index is 366. The van der Waals surface area contributed by atoms with Gasteiger partial charge in [0.15, 0.2) is 5.90 Å². The first-order valence-electron chi connectivity index (χ1n) is 7.03. The minimum Gasteiger partial charge on any atom is -0.484 e. The standard InChI is InChI=1S/C16H23NO/c1-18-16(17-15-10-6-3-7-11-15)13-12-14-8-4-2-5-9-14/h2,4-5,8-9,15H,3,6-7,10-13H2,1H3. The van der Waals surface area contributed by atoms with Crippen molar-refractivity contribution < 1.29 is 4.74 Å². The first-order chi connectivity index (χ1) is 8.88. The van der Waals surface area contributed by atoms with Gasteiger partial charge in [0, 0.05) is 6.42 Å². The summed E-state index contributed by atoms with van der Waals surface area (Å²) in [7, 11) is 1.74. The van der Waals surface area contributed by atoms with Gasteiger partial charge in [-0.15, -0.1) is 0 Å². The van der Waals surface area contributed by atoms with Crippen LogP contribution in [0.25, 0.3) is 0 Å². The van der Waals surface area contributed by atoms with Crippen LogP contribution in [0.1, 0.15) is 44.1 Å². The number of hydrogen-bond acceptors (Lipinski definition) is 2. The predicted octanol–water partition coefficient (Wildman–Crippen LogP) is 4.00. The fourth-order valence-corrected chi connectivity index (χ4v) is 2.53. The van der Waals surface area contributed by atoms with Crippen LogP contribution in [0.15, 0.2) is 35.3 Å². The summed E-state index contributed by atoms with van der Waals surface area (Å²) in [4.78, 5) is 4.76. The summed E-state index contributed by atoms with van der Waals surface area (Å²) in [6.45, 7) is 0. The van der Waals surface area contributed by atoms with Crippen molar-refractivity contribution in [3.8, 4) is 0 Å². The highest BCUT2D eigenvalue weighted by Gasteiger charge is 2.13. The number of aliphatic imine (C=N–C) groups is 1. The average molecular weight is 245 g/mol. The monoisotopic (exact) mass is 245 g/mol. The van der Waals surface area contributed by atoms with Gasteiger partial charge in [-0.2, -0.15) is 0 Å². The third-order valence-corrected chi connectivity index (χ3v) is 3.61. The molecule has 1 aromatic carbocycles. The van der Waals surface area contributed by atoms with E-state index in [2.05, 4.69) is 30.3 Å². The molecule has 2 rings (SSSR count). The molecule has 0 spiro atoms. The highest BCUT2D eigenvalue weighted by atomic mass is 16.5. The van der Waals surface area contributed by atoms with Crippen LogP contribution >= 0.6 is 0 Å². The molecule has 1 aromatic rings. The Hall–Kier alpha value is -1.31. The van der Waals surface area contributed by atoms with Crippen molar-refractivity contribution in [2.45, 2.75) is 51.0 Å². The van der Waals surface area contributed by atoms with Crippen molar-refractivity contribution >= 4 is 5.90 Å². The second-order valence-electron chi connectivity index (χ2n) is 5.00. The lowest BCUT2D eigenvalue weighted by molar-refractivity contribution is 0.371. The van der Waals surface area contributed by atoms with E-state index in [0.717, 1.165) is 18.7 Å². The smallest absolute Gasteiger partial charge is 0.183 e. The van der Waals surface area contributed by atoms with E-state index in [-0.39, 0.29) is 0 Å². The number of rotatable bonds is 4. The Kier molecular flexibility index (Phi) is 5.25. The van der Waals surface area contributed by atoms with E-state index in [1.165, 1.54) is 37.7 Å². The molecule has 0 N–H and O–H groups in total. The van der Waals surface area contributed by atoms with Crippen molar-refractivity contribution in [3.05, 3.63) is 35.9 Å². The number of ether oxygens (including phenoxy) is 1. The second kappa shape index (κ2) is 7.20. The van der Waals surface area contributed by atoms with Gasteiger partial charge in [-0.25, -0.2) is 0 Å². The van der Waals surface area contributed by atoms with Crippen molar-refractivity contribution in [3.63, 3.8) is 0 Å². The Balaban J connectivity index is 1.86. The minimum absolute atomic E-state index is 0.504. The second-order valence-corrected chi connectivity index (χ2v) is 5.00. The van der Waals surface area contributed by atoms with Crippen LogP contribution < -0.4 is 0 Å². The molecule has 1 saturated carbocycles. The highest BCUT2D eigenvalue weighted by molar-refractivity contribution is 5.76. The molecule has 1 fully saturated rings. The summed E-state index contributed by atoms with van der Waals surface area (Å²) in [5.41, 5.74) is 1.35. The van der Waals surface area contributed by atoms with E-state index in [1.807, 2.05) is 0 Å². The van der Waals surface area contributed by atoms with Crippen molar-refractivity contribution in [1.29, 1.82) is 0 Å². The van der Waals surface area contributed by atoms with Gasteiger partial charge in [0.05, 0.1) is 13.2 Å². The maximum Gasteiger partial charge on any atom is 0.183 e. The first kappa shape index (κ1) is 13.1. The zero-order valence-electron chi connectivity index (χ0n) is 11.3. The molecular weight excluding hydrogens is 222 g/mol. The largest absolute Gasteiger partial charge is 0.484 e. The van der Waals surface area contributed by atoms with E-state index < -0.39 is 0 Å². The van der Waals surface area contributed by atoms with E-state index in [1.54, 1.807) is 7.11 Å². The molecule has 0 aromatic heterocycles. The fraction of sp³-hybridized carbons (Fsp3) is 0.562. The summed E-state index contributed by atoms with van der Waals surface area (Å²) in [5.74, 6) is 0.922. The number of benzene rings is 1. The topological polar surface area (TPSA) is 21.6 Å². The summed E-state index contributed by atoms with van der Waals surface area (Å²) in [6, 6.07) is 11.0. The molecular formula is C16H23NO. The molecule has 0 radical (unpaired) electrons. The highest BCUT2D eigenvalue weighted by Crippen LogP contribution is 2.20. The molecule has 0 unspecified atom stereocenters. The molecule has 0 bridgehead atoms. The van der Waals surface area contributed by atoms with E-state index in [0.29, 0.717) is 6.04 Å². The Morgan fingerprint density at radius 2 is 1.89 bits per heavy atom. The van der Waals surface area contributed by atoms with Gasteiger partial charge in [-0.3, -0.25) is 4.99 Å². The molecule has 0 saturated heterocycles. The molecule has 1 aliphatic rings. The average Bonchev–Trinajstić information content (AvgIpc) is 2.45. The van der Waals surface area contributed by atoms with Crippen LogP contribution in [0, 0.1) is 0 Å². The minimum atomic E-state index is 0.504. The van der Waals surface area contributed by atoms with Gasteiger partial charge in [0.1, 0.15) is 0 Å². The van der Waals surface area contributed by atoms with Gasteiger partial charge in [0.25, 0.3) is 0 Å². The number of methoxy groups -OCH3 is 1.